The van der Waals surface area contributed by atoms with Crippen LogP contribution in [0.2, 0.25) is 0 Å². The minimum atomic E-state index is 0.0619. The molecule has 0 aliphatic carbocycles. The van der Waals surface area contributed by atoms with E-state index >= 15 is 0 Å². The van der Waals surface area contributed by atoms with E-state index in [1.54, 1.807) is 0 Å². The van der Waals surface area contributed by atoms with Crippen LogP contribution in [0.1, 0.15) is 11.6 Å². The molecule has 1 fully saturated rings. The zero-order valence-corrected chi connectivity index (χ0v) is 9.28. The first kappa shape index (κ1) is 10.4. The number of hydrogen-bond acceptors (Lipinski definition) is 4. The molecule has 3 rings (SSSR count). The molecule has 5 heteroatoms. The van der Waals surface area contributed by atoms with Gasteiger partial charge in [-0.25, -0.2) is 4.68 Å². The maximum Gasteiger partial charge on any atom is 0.113 e. The topological polar surface area (TPSA) is 60.2 Å². The van der Waals surface area contributed by atoms with Crippen molar-refractivity contribution in [3.63, 3.8) is 0 Å². The lowest BCUT2D eigenvalue weighted by Crippen LogP contribution is -2.30. The average molecular weight is 231 g/mol. The maximum absolute atomic E-state index is 8.97. The Morgan fingerprint density at radius 1 is 1.29 bits per heavy atom. The van der Waals surface area contributed by atoms with E-state index in [-0.39, 0.29) is 6.61 Å². The molecular formula is C12H13N3O2. The Morgan fingerprint density at radius 2 is 2.06 bits per heavy atom. The number of aliphatic hydroxyl groups is 1. The summed E-state index contributed by atoms with van der Waals surface area (Å²) in [7, 11) is 0. The number of nitrogens with zero attached hydrogens (tertiary/aromatic N) is 3. The summed E-state index contributed by atoms with van der Waals surface area (Å²) in [5.74, 6) is 0. The molecular weight excluding hydrogens is 218 g/mol. The molecule has 0 bridgehead atoms. The summed E-state index contributed by atoms with van der Waals surface area (Å²) in [4.78, 5) is 0. The van der Waals surface area contributed by atoms with E-state index in [9.17, 15) is 0 Å². The van der Waals surface area contributed by atoms with Gasteiger partial charge in [-0.3, -0.25) is 0 Å². The third-order valence-electron chi connectivity index (χ3n) is 2.94. The highest BCUT2D eigenvalue weighted by atomic mass is 16.5. The largest absolute Gasteiger partial charge is 0.392 e. The molecule has 2 aromatic rings. The fraction of sp³-hybridized carbons (Fsp3) is 0.333. The van der Waals surface area contributed by atoms with Crippen LogP contribution >= 0.6 is 0 Å². The molecule has 1 aliphatic heterocycles. The van der Waals surface area contributed by atoms with Crippen LogP contribution in [-0.4, -0.2) is 33.3 Å². The second kappa shape index (κ2) is 4.27. The van der Waals surface area contributed by atoms with Crippen LogP contribution in [0, 0.1) is 0 Å². The van der Waals surface area contributed by atoms with Crippen LogP contribution in [0.15, 0.2) is 30.5 Å². The summed E-state index contributed by atoms with van der Waals surface area (Å²) >= 11 is 0. The smallest absolute Gasteiger partial charge is 0.113 e. The van der Waals surface area contributed by atoms with Gasteiger partial charge in [0.2, 0.25) is 0 Å². The minimum absolute atomic E-state index is 0.0619. The van der Waals surface area contributed by atoms with Gasteiger partial charge in [0.15, 0.2) is 0 Å². The Kier molecular flexibility index (Phi) is 2.62. The molecule has 1 saturated heterocycles. The van der Waals surface area contributed by atoms with Gasteiger partial charge in [0.1, 0.15) is 11.7 Å². The van der Waals surface area contributed by atoms with E-state index in [1.165, 1.54) is 0 Å². The zero-order chi connectivity index (χ0) is 11.7. The zero-order valence-electron chi connectivity index (χ0n) is 9.28. The fourth-order valence-electron chi connectivity index (χ4n) is 1.74. The predicted molar refractivity (Wildman–Crippen MR) is 61.2 cm³/mol. The Hall–Kier alpha value is -1.72. The molecule has 0 atom stereocenters. The van der Waals surface area contributed by atoms with Crippen molar-refractivity contribution in [2.45, 2.75) is 12.6 Å². The van der Waals surface area contributed by atoms with E-state index in [0.717, 1.165) is 16.8 Å². The van der Waals surface area contributed by atoms with Crippen LogP contribution in [0.25, 0.3) is 11.3 Å². The van der Waals surface area contributed by atoms with Crippen molar-refractivity contribution < 1.29 is 9.84 Å². The SMILES string of the molecule is OCc1ccc(-c2cn(C3COC3)nn2)cc1. The number of aliphatic hydroxyl groups excluding tert-OH is 1. The third-order valence-corrected chi connectivity index (χ3v) is 2.94. The second-order valence-electron chi connectivity index (χ2n) is 4.13. The van der Waals surface area contributed by atoms with Gasteiger partial charge < -0.3 is 9.84 Å². The Balaban J connectivity index is 1.84. The number of ether oxygens (including phenoxy) is 1. The third kappa shape index (κ3) is 1.94. The van der Waals surface area contributed by atoms with Gasteiger partial charge in [0, 0.05) is 5.56 Å². The van der Waals surface area contributed by atoms with E-state index in [0.29, 0.717) is 19.3 Å². The molecule has 0 radical (unpaired) electrons. The Bertz CT molecular complexity index is 503. The predicted octanol–water partition coefficient (Wildman–Crippen LogP) is 1.01. The summed E-state index contributed by atoms with van der Waals surface area (Å²) in [6.45, 7) is 1.49. The summed E-state index contributed by atoms with van der Waals surface area (Å²) in [6.07, 6.45) is 1.93. The van der Waals surface area contributed by atoms with Crippen LogP contribution in [-0.2, 0) is 11.3 Å². The van der Waals surface area contributed by atoms with Crippen molar-refractivity contribution in [2.24, 2.45) is 0 Å². The minimum Gasteiger partial charge on any atom is -0.392 e. The monoisotopic (exact) mass is 231 g/mol. The molecule has 0 saturated carbocycles. The number of benzene rings is 1. The summed E-state index contributed by atoms with van der Waals surface area (Å²) in [5, 5.41) is 17.2. The highest BCUT2D eigenvalue weighted by molar-refractivity contribution is 5.57. The molecule has 1 N–H and O–H groups in total. The molecule has 1 aromatic carbocycles. The van der Waals surface area contributed by atoms with Gasteiger partial charge in [0.25, 0.3) is 0 Å². The standard InChI is InChI=1S/C12H13N3O2/c16-6-9-1-3-10(4-2-9)12-5-15(14-13-12)11-7-17-8-11/h1-5,11,16H,6-8H2. The van der Waals surface area contributed by atoms with Crippen LogP contribution in [0.3, 0.4) is 0 Å². The first-order valence-corrected chi connectivity index (χ1v) is 5.56. The highest BCUT2D eigenvalue weighted by Gasteiger charge is 2.21. The highest BCUT2D eigenvalue weighted by Crippen LogP contribution is 2.21. The lowest BCUT2D eigenvalue weighted by molar-refractivity contribution is -0.0293. The second-order valence-corrected chi connectivity index (χ2v) is 4.13. The Labute approximate surface area is 98.6 Å². The summed E-state index contributed by atoms with van der Waals surface area (Å²) < 4.78 is 6.96. The van der Waals surface area contributed by atoms with E-state index in [1.807, 2.05) is 35.1 Å². The average Bonchev–Trinajstić information content (AvgIpc) is 2.76. The van der Waals surface area contributed by atoms with Crippen LogP contribution in [0.5, 0.6) is 0 Å². The number of rotatable bonds is 3. The van der Waals surface area contributed by atoms with Crippen LogP contribution in [0.4, 0.5) is 0 Å². The van der Waals surface area contributed by atoms with Crippen molar-refractivity contribution in [1.29, 1.82) is 0 Å². The normalized spacial score (nSPS) is 15.8. The molecule has 88 valence electrons. The molecule has 2 heterocycles. The lowest BCUT2D eigenvalue weighted by Gasteiger charge is -2.25. The molecule has 0 amide bonds. The molecule has 0 unspecified atom stereocenters. The van der Waals surface area contributed by atoms with Crippen molar-refractivity contribution >= 4 is 0 Å². The summed E-state index contributed by atoms with van der Waals surface area (Å²) in [6, 6.07) is 7.99. The van der Waals surface area contributed by atoms with Gasteiger partial charge >= 0.3 is 0 Å². The fourth-order valence-corrected chi connectivity index (χ4v) is 1.74. The molecule has 1 aromatic heterocycles. The van der Waals surface area contributed by atoms with Crippen molar-refractivity contribution in [3.8, 4) is 11.3 Å². The molecule has 1 aliphatic rings. The number of hydrogen-bond donors (Lipinski definition) is 1. The van der Waals surface area contributed by atoms with Gasteiger partial charge in [-0.1, -0.05) is 29.5 Å². The van der Waals surface area contributed by atoms with Crippen molar-refractivity contribution in [3.05, 3.63) is 36.0 Å². The van der Waals surface area contributed by atoms with Gasteiger partial charge in [-0.05, 0) is 5.56 Å². The van der Waals surface area contributed by atoms with Gasteiger partial charge in [0.05, 0.1) is 26.0 Å². The van der Waals surface area contributed by atoms with Crippen molar-refractivity contribution in [2.75, 3.05) is 13.2 Å². The maximum atomic E-state index is 8.97. The molecule has 5 nitrogen and oxygen atoms in total. The van der Waals surface area contributed by atoms with E-state index in [2.05, 4.69) is 10.3 Å². The van der Waals surface area contributed by atoms with Crippen LogP contribution < -0.4 is 0 Å². The van der Waals surface area contributed by atoms with E-state index < -0.39 is 0 Å². The van der Waals surface area contributed by atoms with Gasteiger partial charge in [-0.15, -0.1) is 5.10 Å². The van der Waals surface area contributed by atoms with Gasteiger partial charge in [-0.2, -0.15) is 0 Å². The lowest BCUT2D eigenvalue weighted by atomic mass is 10.1. The molecule has 0 spiro atoms. The Morgan fingerprint density at radius 3 is 2.65 bits per heavy atom. The summed E-state index contributed by atoms with van der Waals surface area (Å²) in [5.41, 5.74) is 2.75. The first-order chi connectivity index (χ1) is 8.36. The quantitative estimate of drug-likeness (QED) is 0.856. The van der Waals surface area contributed by atoms with E-state index in [4.69, 9.17) is 9.84 Å². The first-order valence-electron chi connectivity index (χ1n) is 5.56. The number of aromatic nitrogens is 3. The van der Waals surface area contributed by atoms with Crippen molar-refractivity contribution in [1.82, 2.24) is 15.0 Å². The molecule has 17 heavy (non-hydrogen) atoms.